The van der Waals surface area contributed by atoms with Crippen molar-refractivity contribution in [2.45, 2.75) is 25.7 Å². The lowest BCUT2D eigenvalue weighted by Gasteiger charge is -2.37. The van der Waals surface area contributed by atoms with Crippen molar-refractivity contribution in [3.8, 4) is 5.88 Å². The Morgan fingerprint density at radius 3 is 3.14 bits per heavy atom. The fourth-order valence-electron chi connectivity index (χ4n) is 2.13. The highest BCUT2D eigenvalue weighted by atomic mass is 31.0. The number of hydrogen-bond donors (Lipinski definition) is 1. The minimum atomic E-state index is -0.101. The lowest BCUT2D eigenvalue weighted by Crippen LogP contribution is -2.43. The second kappa shape index (κ2) is 7.69. The number of aromatic nitrogens is 1. The van der Waals surface area contributed by atoms with Crippen molar-refractivity contribution >= 4 is 15.1 Å². The number of nitrogens with one attached hydrogen (secondary N) is 1. The van der Waals surface area contributed by atoms with Gasteiger partial charge in [0.05, 0.1) is 19.6 Å². The van der Waals surface area contributed by atoms with Crippen LogP contribution in [0, 0.1) is 5.92 Å². The van der Waals surface area contributed by atoms with Gasteiger partial charge in [-0.15, -0.1) is 0 Å². The average molecular weight is 310 g/mol. The average Bonchev–Trinajstić information content (AvgIpc) is 2.53. The standard InChI is InChI=1S/C14H21N3O3P/c1-10(21)17-6-4-12(9-20-17)14(18)16-8-11-3-5-15-13(7-11)19-2/h3,5,7,10,12,21H,4,6,8-9H2,1-2H3,(H,16,18)/q-1. The van der Waals surface area contributed by atoms with Gasteiger partial charge in [0.15, 0.2) is 0 Å². The van der Waals surface area contributed by atoms with Crippen LogP contribution >= 0.6 is 9.24 Å². The van der Waals surface area contributed by atoms with Crippen LogP contribution in [-0.4, -0.2) is 42.0 Å². The van der Waals surface area contributed by atoms with E-state index in [0.29, 0.717) is 19.0 Å². The number of hydroxylamine groups is 2. The smallest absolute Gasteiger partial charge is 0.225 e. The number of rotatable bonds is 5. The quantitative estimate of drug-likeness (QED) is 0.834. The topological polar surface area (TPSA) is 63.7 Å². The van der Waals surface area contributed by atoms with Crippen LogP contribution in [0.3, 0.4) is 0 Å². The summed E-state index contributed by atoms with van der Waals surface area (Å²) in [6.07, 6.45) is 2.46. The Bertz CT molecular complexity index is 476. The molecule has 2 atom stereocenters. The van der Waals surface area contributed by atoms with Gasteiger partial charge >= 0.3 is 0 Å². The highest BCUT2D eigenvalue weighted by Gasteiger charge is 2.25. The lowest BCUT2D eigenvalue weighted by molar-refractivity contribution is -0.202. The van der Waals surface area contributed by atoms with Crippen LogP contribution in [0.2, 0.25) is 0 Å². The first-order valence-corrected chi connectivity index (χ1v) is 7.55. The van der Waals surface area contributed by atoms with Crippen LogP contribution in [0.5, 0.6) is 5.88 Å². The van der Waals surface area contributed by atoms with E-state index in [1.54, 1.807) is 13.3 Å². The molecule has 1 fully saturated rings. The fraction of sp³-hybridized carbons (Fsp3) is 0.571. The first-order valence-electron chi connectivity index (χ1n) is 6.97. The molecule has 21 heavy (non-hydrogen) atoms. The van der Waals surface area contributed by atoms with Crippen LogP contribution in [0.4, 0.5) is 0 Å². The lowest BCUT2D eigenvalue weighted by atomic mass is 10.0. The molecule has 0 saturated carbocycles. The number of amides is 1. The highest BCUT2D eigenvalue weighted by Crippen LogP contribution is 2.18. The molecular weight excluding hydrogens is 289 g/mol. The van der Waals surface area contributed by atoms with Crippen molar-refractivity contribution in [3.63, 3.8) is 0 Å². The summed E-state index contributed by atoms with van der Waals surface area (Å²) in [6.45, 7) is 3.62. The number of pyridine rings is 1. The van der Waals surface area contributed by atoms with E-state index in [1.165, 1.54) is 0 Å². The third kappa shape index (κ3) is 4.63. The maximum absolute atomic E-state index is 12.1. The molecule has 7 heteroatoms. The SMILES string of the molecule is COc1cc(CNC(=O)C2CCN(C(C)[PH-])OC2)ccn1. The van der Waals surface area contributed by atoms with Gasteiger partial charge in [0.2, 0.25) is 11.8 Å². The normalized spacial score (nSPS) is 20.8. The van der Waals surface area contributed by atoms with Gasteiger partial charge in [-0.2, -0.15) is 0 Å². The number of methoxy groups -OCH3 is 1. The molecule has 0 aromatic carbocycles. The predicted molar refractivity (Wildman–Crippen MR) is 81.2 cm³/mol. The molecule has 2 rings (SSSR count). The van der Waals surface area contributed by atoms with E-state index < -0.39 is 0 Å². The molecule has 0 bridgehead atoms. The maximum Gasteiger partial charge on any atom is 0.225 e. The van der Waals surface area contributed by atoms with Crippen LogP contribution in [0.15, 0.2) is 18.3 Å². The summed E-state index contributed by atoms with van der Waals surface area (Å²) in [6, 6.07) is 3.67. The van der Waals surface area contributed by atoms with E-state index in [0.717, 1.165) is 18.5 Å². The largest absolute Gasteiger partial charge is 0.537 e. The van der Waals surface area contributed by atoms with E-state index >= 15 is 0 Å². The van der Waals surface area contributed by atoms with Crippen molar-refractivity contribution < 1.29 is 14.4 Å². The maximum atomic E-state index is 12.1. The highest BCUT2D eigenvalue weighted by molar-refractivity contribution is 7.17. The van der Waals surface area contributed by atoms with E-state index in [9.17, 15) is 4.79 Å². The van der Waals surface area contributed by atoms with E-state index in [2.05, 4.69) is 19.5 Å². The number of ether oxygens (including phenoxy) is 1. The molecule has 116 valence electrons. The first-order chi connectivity index (χ1) is 10.1. The van der Waals surface area contributed by atoms with E-state index in [1.807, 2.05) is 24.1 Å². The molecule has 1 amide bonds. The van der Waals surface area contributed by atoms with Gasteiger partial charge in [-0.25, -0.2) is 10.0 Å². The predicted octanol–water partition coefficient (Wildman–Crippen LogP) is 1.45. The van der Waals surface area contributed by atoms with Crippen LogP contribution < -0.4 is 10.1 Å². The minimum absolute atomic E-state index is 0.0204. The summed E-state index contributed by atoms with van der Waals surface area (Å²) in [7, 11) is 5.07. The van der Waals surface area contributed by atoms with Crippen LogP contribution in [-0.2, 0) is 16.2 Å². The summed E-state index contributed by atoms with van der Waals surface area (Å²) in [5, 5.41) is 4.77. The summed E-state index contributed by atoms with van der Waals surface area (Å²) < 4.78 is 5.06. The zero-order chi connectivity index (χ0) is 15.2. The van der Waals surface area contributed by atoms with Gasteiger partial charge in [-0.1, -0.05) is 12.7 Å². The Kier molecular flexibility index (Phi) is 5.91. The molecule has 1 aliphatic rings. The summed E-state index contributed by atoms with van der Waals surface area (Å²) in [4.78, 5) is 21.7. The number of hydrogen-bond acceptors (Lipinski definition) is 5. The first kappa shape index (κ1) is 16.1. The Balaban J connectivity index is 1.80. The van der Waals surface area contributed by atoms with Crippen LogP contribution in [0.25, 0.3) is 0 Å². The molecule has 1 saturated heterocycles. The van der Waals surface area contributed by atoms with Crippen molar-refractivity contribution in [1.82, 2.24) is 15.4 Å². The molecule has 1 aromatic heterocycles. The Labute approximate surface area is 127 Å². The molecule has 0 aliphatic carbocycles. The Hall–Kier alpha value is -1.23. The van der Waals surface area contributed by atoms with Gasteiger partial charge < -0.3 is 24.1 Å². The molecule has 6 nitrogen and oxygen atoms in total. The third-order valence-electron chi connectivity index (χ3n) is 3.42. The van der Waals surface area contributed by atoms with Crippen molar-refractivity contribution in [3.05, 3.63) is 23.9 Å². The van der Waals surface area contributed by atoms with Gasteiger partial charge in [-0.3, -0.25) is 4.79 Å². The Morgan fingerprint density at radius 2 is 2.52 bits per heavy atom. The van der Waals surface area contributed by atoms with Gasteiger partial charge in [0.25, 0.3) is 0 Å². The van der Waals surface area contributed by atoms with Crippen molar-refractivity contribution in [2.24, 2.45) is 5.92 Å². The molecule has 1 aromatic rings. The molecule has 1 N–H and O–H groups in total. The zero-order valence-electron chi connectivity index (χ0n) is 12.3. The van der Waals surface area contributed by atoms with E-state index in [-0.39, 0.29) is 17.6 Å². The Morgan fingerprint density at radius 1 is 1.71 bits per heavy atom. The van der Waals surface area contributed by atoms with Gasteiger partial charge in [-0.05, 0) is 18.1 Å². The van der Waals surface area contributed by atoms with Crippen LogP contribution in [0.1, 0.15) is 18.9 Å². The van der Waals surface area contributed by atoms with Crippen molar-refractivity contribution in [2.75, 3.05) is 20.3 Å². The van der Waals surface area contributed by atoms with Crippen molar-refractivity contribution in [1.29, 1.82) is 0 Å². The second-order valence-corrected chi connectivity index (χ2v) is 5.86. The second-order valence-electron chi connectivity index (χ2n) is 5.02. The molecule has 0 radical (unpaired) electrons. The number of carbonyl (C=O) groups excluding carboxylic acids is 1. The van der Waals surface area contributed by atoms with E-state index in [4.69, 9.17) is 9.57 Å². The number of carbonyl (C=O) groups is 1. The summed E-state index contributed by atoms with van der Waals surface area (Å²) in [5.41, 5.74) is 0.960. The fourth-order valence-corrected chi connectivity index (χ4v) is 2.34. The zero-order valence-corrected chi connectivity index (χ0v) is 13.3. The summed E-state index contributed by atoms with van der Waals surface area (Å²) >= 11 is 0. The number of nitrogens with zero attached hydrogens (tertiary/aromatic N) is 2. The minimum Gasteiger partial charge on any atom is -0.537 e. The monoisotopic (exact) mass is 310 g/mol. The third-order valence-corrected chi connectivity index (χ3v) is 3.71. The molecule has 1 aliphatic heterocycles. The van der Waals surface area contributed by atoms with Gasteiger partial charge in [0, 0.05) is 25.4 Å². The molecule has 0 spiro atoms. The summed E-state index contributed by atoms with van der Waals surface area (Å²) in [5.74, 6) is 0.616. The van der Waals surface area contributed by atoms with Gasteiger partial charge in [0.1, 0.15) is 0 Å². The molecule has 2 unspecified atom stereocenters. The molecule has 2 heterocycles. The molecular formula is C14H21N3O3P-.